The highest BCUT2D eigenvalue weighted by Gasteiger charge is 2.20. The zero-order valence-corrected chi connectivity index (χ0v) is 18.6. The summed E-state index contributed by atoms with van der Waals surface area (Å²) in [7, 11) is 0. The number of carbonyl (C=O) groups is 1. The van der Waals surface area contributed by atoms with Crippen LogP contribution in [0.4, 0.5) is 0 Å². The second-order valence-corrected chi connectivity index (χ2v) is 7.23. The van der Waals surface area contributed by atoms with E-state index in [1.54, 1.807) is 6.07 Å². The molecule has 0 aliphatic carbocycles. The summed E-state index contributed by atoms with van der Waals surface area (Å²) in [5.41, 5.74) is 3.57. The lowest BCUT2D eigenvalue weighted by atomic mass is 9.92. The van der Waals surface area contributed by atoms with E-state index in [2.05, 4.69) is 24.2 Å². The number of hydrogen-bond acceptors (Lipinski definition) is 5. The van der Waals surface area contributed by atoms with E-state index in [4.69, 9.17) is 14.0 Å². The molecule has 0 amide bonds. The van der Waals surface area contributed by atoms with Crippen molar-refractivity contribution in [1.29, 1.82) is 0 Å². The first-order chi connectivity index (χ1) is 14.9. The number of rotatable bonds is 12. The van der Waals surface area contributed by atoms with Crippen LogP contribution in [0.25, 0.3) is 0 Å². The zero-order valence-electron chi connectivity index (χ0n) is 18.6. The van der Waals surface area contributed by atoms with E-state index in [0.29, 0.717) is 24.7 Å². The fraction of sp³-hybridized carbons (Fsp3) is 0.360. The standard InChI is InChI=1S/C25H31NO5/c1-5-7-8-20(6-2)17-29-19(4)18(3)16-30-22-11-9-21(10-12-22)23(15-25(27)28)24-13-14-31-26-24/h6-14,23H,5,15-17H2,1-4H3,(H,27,28)/b8-7-,19-18+,20-6+. The van der Waals surface area contributed by atoms with Gasteiger partial charge >= 0.3 is 5.97 Å². The average Bonchev–Trinajstić information content (AvgIpc) is 3.30. The maximum absolute atomic E-state index is 11.2. The third kappa shape index (κ3) is 7.81. The number of hydrogen-bond donors (Lipinski definition) is 1. The molecule has 0 radical (unpaired) electrons. The number of aromatic nitrogens is 1. The normalized spacial score (nSPS) is 13.7. The minimum Gasteiger partial charge on any atom is -0.493 e. The molecule has 0 aliphatic heterocycles. The Labute approximate surface area is 183 Å². The number of nitrogens with zero attached hydrogens (tertiary/aromatic N) is 1. The van der Waals surface area contributed by atoms with Crippen LogP contribution < -0.4 is 4.74 Å². The van der Waals surface area contributed by atoms with Gasteiger partial charge in [-0.1, -0.05) is 42.4 Å². The monoisotopic (exact) mass is 425 g/mol. The summed E-state index contributed by atoms with van der Waals surface area (Å²) in [5.74, 6) is 0.277. The van der Waals surface area contributed by atoms with Gasteiger partial charge in [-0.05, 0) is 50.5 Å². The highest BCUT2D eigenvalue weighted by molar-refractivity contribution is 5.68. The minimum absolute atomic E-state index is 0.0627. The Balaban J connectivity index is 1.97. The van der Waals surface area contributed by atoms with Crippen molar-refractivity contribution < 1.29 is 23.9 Å². The van der Waals surface area contributed by atoms with E-state index in [0.717, 1.165) is 28.9 Å². The van der Waals surface area contributed by atoms with E-state index >= 15 is 0 Å². The number of ether oxygens (including phenoxy) is 2. The van der Waals surface area contributed by atoms with Gasteiger partial charge in [0.2, 0.25) is 0 Å². The molecule has 1 unspecified atom stereocenters. The SMILES string of the molecule is C/C=C(\C=C/CC)CO/C(C)=C(\C)COc1ccc(C(CC(=O)O)c2ccon2)cc1. The molecule has 6 heteroatoms. The van der Waals surface area contributed by atoms with E-state index in [1.807, 2.05) is 51.1 Å². The molecule has 166 valence electrons. The third-order valence-electron chi connectivity index (χ3n) is 4.93. The zero-order chi connectivity index (χ0) is 22.6. The van der Waals surface area contributed by atoms with E-state index in [-0.39, 0.29) is 12.3 Å². The summed E-state index contributed by atoms with van der Waals surface area (Å²) < 4.78 is 16.6. The second kappa shape index (κ2) is 12.4. The number of allylic oxidation sites excluding steroid dienone is 3. The Morgan fingerprint density at radius 2 is 1.94 bits per heavy atom. The summed E-state index contributed by atoms with van der Waals surface area (Å²) >= 11 is 0. The number of carboxylic acid groups (broad SMARTS) is 1. The highest BCUT2D eigenvalue weighted by Crippen LogP contribution is 2.28. The molecule has 1 N–H and O–H groups in total. The van der Waals surface area contributed by atoms with Crippen LogP contribution in [0.1, 0.15) is 57.7 Å². The van der Waals surface area contributed by atoms with Crippen molar-refractivity contribution in [2.24, 2.45) is 0 Å². The quantitative estimate of drug-likeness (QED) is 0.338. The summed E-state index contributed by atoms with van der Waals surface area (Å²) in [6.07, 6.45) is 8.61. The molecule has 0 saturated heterocycles. The Kier molecular flexibility index (Phi) is 9.62. The Morgan fingerprint density at radius 3 is 2.52 bits per heavy atom. The highest BCUT2D eigenvalue weighted by atomic mass is 16.5. The van der Waals surface area contributed by atoms with Gasteiger partial charge in [-0.2, -0.15) is 0 Å². The molecular weight excluding hydrogens is 394 g/mol. The van der Waals surface area contributed by atoms with Crippen molar-refractivity contribution in [3.05, 3.63) is 83.0 Å². The first kappa shape index (κ1) is 24.0. The van der Waals surface area contributed by atoms with Crippen LogP contribution in [-0.4, -0.2) is 29.4 Å². The molecule has 0 saturated carbocycles. The van der Waals surface area contributed by atoms with Crippen molar-refractivity contribution in [3.8, 4) is 5.75 Å². The summed E-state index contributed by atoms with van der Waals surface area (Å²) in [6.45, 7) is 8.95. The van der Waals surface area contributed by atoms with Crippen LogP contribution in [0.5, 0.6) is 5.75 Å². The van der Waals surface area contributed by atoms with Crippen LogP contribution in [0.2, 0.25) is 0 Å². The smallest absolute Gasteiger partial charge is 0.304 e. The van der Waals surface area contributed by atoms with Crippen molar-refractivity contribution in [2.75, 3.05) is 13.2 Å². The van der Waals surface area contributed by atoms with Gasteiger partial charge in [0.25, 0.3) is 0 Å². The Morgan fingerprint density at radius 1 is 1.19 bits per heavy atom. The summed E-state index contributed by atoms with van der Waals surface area (Å²) in [4.78, 5) is 11.2. The molecule has 2 rings (SSSR count). The third-order valence-corrected chi connectivity index (χ3v) is 4.93. The summed E-state index contributed by atoms with van der Waals surface area (Å²) in [5, 5.41) is 13.1. The Bertz CT molecular complexity index is 908. The van der Waals surface area contributed by atoms with Gasteiger partial charge in [0.1, 0.15) is 25.2 Å². The Hall–Kier alpha value is -3.28. The van der Waals surface area contributed by atoms with E-state index < -0.39 is 5.97 Å². The molecule has 31 heavy (non-hydrogen) atoms. The predicted octanol–water partition coefficient (Wildman–Crippen LogP) is 5.88. The van der Waals surface area contributed by atoms with Crippen LogP contribution in [0.3, 0.4) is 0 Å². The van der Waals surface area contributed by atoms with Crippen LogP contribution in [0.15, 0.2) is 76.3 Å². The second-order valence-electron chi connectivity index (χ2n) is 7.23. The van der Waals surface area contributed by atoms with E-state index in [9.17, 15) is 9.90 Å². The number of aliphatic carboxylic acids is 1. The van der Waals surface area contributed by atoms with Crippen LogP contribution >= 0.6 is 0 Å². The van der Waals surface area contributed by atoms with Gasteiger partial charge < -0.3 is 19.1 Å². The van der Waals surface area contributed by atoms with Gasteiger partial charge in [0.05, 0.1) is 17.9 Å². The first-order valence-electron chi connectivity index (χ1n) is 10.4. The van der Waals surface area contributed by atoms with Crippen molar-refractivity contribution >= 4 is 5.97 Å². The molecule has 1 aromatic heterocycles. The van der Waals surface area contributed by atoms with Crippen molar-refractivity contribution in [2.45, 2.75) is 46.5 Å². The summed E-state index contributed by atoms with van der Waals surface area (Å²) in [6, 6.07) is 9.07. The molecule has 0 aliphatic rings. The molecule has 0 spiro atoms. The lowest BCUT2D eigenvalue weighted by molar-refractivity contribution is -0.137. The maximum Gasteiger partial charge on any atom is 0.304 e. The van der Waals surface area contributed by atoms with E-state index in [1.165, 1.54) is 6.26 Å². The van der Waals surface area contributed by atoms with Crippen LogP contribution in [0, 0.1) is 0 Å². The molecule has 1 aromatic carbocycles. The van der Waals surface area contributed by atoms with Gasteiger partial charge in [0, 0.05) is 17.6 Å². The molecule has 2 aromatic rings. The van der Waals surface area contributed by atoms with Crippen molar-refractivity contribution in [1.82, 2.24) is 5.16 Å². The predicted molar refractivity (Wildman–Crippen MR) is 120 cm³/mol. The lowest BCUT2D eigenvalue weighted by Gasteiger charge is -2.14. The largest absolute Gasteiger partial charge is 0.493 e. The lowest BCUT2D eigenvalue weighted by Crippen LogP contribution is -2.08. The molecule has 1 heterocycles. The average molecular weight is 426 g/mol. The fourth-order valence-corrected chi connectivity index (χ4v) is 2.87. The maximum atomic E-state index is 11.2. The van der Waals surface area contributed by atoms with Gasteiger partial charge in [0.15, 0.2) is 0 Å². The van der Waals surface area contributed by atoms with Gasteiger partial charge in [-0.25, -0.2) is 0 Å². The van der Waals surface area contributed by atoms with Crippen molar-refractivity contribution in [3.63, 3.8) is 0 Å². The van der Waals surface area contributed by atoms with Gasteiger partial charge in [-0.15, -0.1) is 0 Å². The topological polar surface area (TPSA) is 81.8 Å². The first-order valence-corrected chi connectivity index (χ1v) is 10.4. The molecule has 1 atom stereocenters. The van der Waals surface area contributed by atoms with Crippen LogP contribution in [-0.2, 0) is 9.53 Å². The fourth-order valence-electron chi connectivity index (χ4n) is 2.87. The number of benzene rings is 1. The molecule has 6 nitrogen and oxygen atoms in total. The van der Waals surface area contributed by atoms with Gasteiger partial charge in [-0.3, -0.25) is 4.79 Å². The minimum atomic E-state index is -0.893. The molecule has 0 fully saturated rings. The molecular formula is C25H31NO5. The molecule has 0 bridgehead atoms. The number of carboxylic acids is 1.